The standard InChI is InChI=1S/C18H13ClF2N4O/c19-12-3-1-11(2-4-12)9-18(26)23-17-8-7-16(24-25-17)22-13-5-6-14(20)15(21)10-13/h1-8,10H,9H2,(H,22,24)(H,23,25,26). The van der Waals surface area contributed by atoms with Gasteiger partial charge in [0.15, 0.2) is 23.3 Å². The van der Waals surface area contributed by atoms with Crippen molar-refractivity contribution in [3.63, 3.8) is 0 Å². The summed E-state index contributed by atoms with van der Waals surface area (Å²) in [5.41, 5.74) is 1.15. The molecule has 0 bridgehead atoms. The number of carbonyl (C=O) groups excluding carboxylic acids is 1. The molecule has 3 rings (SSSR count). The summed E-state index contributed by atoms with van der Waals surface area (Å²) >= 11 is 5.80. The lowest BCUT2D eigenvalue weighted by molar-refractivity contribution is -0.115. The number of rotatable bonds is 5. The van der Waals surface area contributed by atoms with Crippen LogP contribution in [0.15, 0.2) is 54.6 Å². The summed E-state index contributed by atoms with van der Waals surface area (Å²) in [5.74, 6) is -1.54. The Labute approximate surface area is 153 Å². The molecule has 0 aliphatic rings. The predicted molar refractivity (Wildman–Crippen MR) is 95.5 cm³/mol. The van der Waals surface area contributed by atoms with E-state index in [0.29, 0.717) is 16.5 Å². The highest BCUT2D eigenvalue weighted by Gasteiger charge is 2.07. The van der Waals surface area contributed by atoms with Gasteiger partial charge in [0.05, 0.1) is 6.42 Å². The van der Waals surface area contributed by atoms with E-state index >= 15 is 0 Å². The maximum Gasteiger partial charge on any atom is 0.229 e. The summed E-state index contributed by atoms with van der Waals surface area (Å²) in [6, 6.07) is 13.5. The Morgan fingerprint density at radius 2 is 1.62 bits per heavy atom. The molecule has 0 aliphatic heterocycles. The van der Waals surface area contributed by atoms with Crippen molar-refractivity contribution in [1.29, 1.82) is 0 Å². The van der Waals surface area contributed by atoms with Crippen molar-refractivity contribution in [3.05, 3.63) is 76.8 Å². The number of nitrogens with zero attached hydrogens (tertiary/aromatic N) is 2. The summed E-state index contributed by atoms with van der Waals surface area (Å²) in [5, 5.41) is 13.8. The van der Waals surface area contributed by atoms with Crippen LogP contribution < -0.4 is 10.6 Å². The third-order valence-electron chi connectivity index (χ3n) is 3.40. The predicted octanol–water partition coefficient (Wildman–Crippen LogP) is 4.33. The van der Waals surface area contributed by atoms with Crippen molar-refractivity contribution < 1.29 is 13.6 Å². The van der Waals surface area contributed by atoms with Gasteiger partial charge in [-0.15, -0.1) is 10.2 Å². The lowest BCUT2D eigenvalue weighted by atomic mass is 10.1. The molecule has 132 valence electrons. The molecule has 8 heteroatoms. The van der Waals surface area contributed by atoms with Gasteiger partial charge in [-0.2, -0.15) is 0 Å². The van der Waals surface area contributed by atoms with E-state index in [1.165, 1.54) is 6.07 Å². The minimum absolute atomic E-state index is 0.174. The van der Waals surface area contributed by atoms with Crippen LogP contribution in [0.1, 0.15) is 5.56 Å². The number of anilines is 3. The Hall–Kier alpha value is -3.06. The van der Waals surface area contributed by atoms with Gasteiger partial charge in [-0.25, -0.2) is 8.78 Å². The Bertz CT molecular complexity index is 917. The Balaban J connectivity index is 1.59. The largest absolute Gasteiger partial charge is 0.339 e. The highest BCUT2D eigenvalue weighted by atomic mass is 35.5. The third-order valence-corrected chi connectivity index (χ3v) is 3.65. The van der Waals surface area contributed by atoms with Crippen LogP contribution in [0.25, 0.3) is 0 Å². The molecule has 0 radical (unpaired) electrons. The number of aromatic nitrogens is 2. The molecule has 1 aromatic heterocycles. The fourth-order valence-corrected chi connectivity index (χ4v) is 2.29. The molecule has 1 amide bonds. The van der Waals surface area contributed by atoms with Gasteiger partial charge in [0.1, 0.15) is 0 Å². The summed E-state index contributed by atoms with van der Waals surface area (Å²) in [4.78, 5) is 12.0. The second-order valence-corrected chi connectivity index (χ2v) is 5.85. The van der Waals surface area contributed by atoms with Crippen LogP contribution in [0, 0.1) is 11.6 Å². The van der Waals surface area contributed by atoms with Crippen LogP contribution in [-0.4, -0.2) is 16.1 Å². The maximum absolute atomic E-state index is 13.2. The number of hydrogen-bond acceptors (Lipinski definition) is 4. The highest BCUT2D eigenvalue weighted by molar-refractivity contribution is 6.30. The summed E-state index contributed by atoms with van der Waals surface area (Å²) in [6.45, 7) is 0. The summed E-state index contributed by atoms with van der Waals surface area (Å²) < 4.78 is 26.1. The lowest BCUT2D eigenvalue weighted by Crippen LogP contribution is -2.15. The number of carbonyl (C=O) groups is 1. The summed E-state index contributed by atoms with van der Waals surface area (Å²) in [6.07, 6.45) is 0.174. The van der Waals surface area contributed by atoms with E-state index in [9.17, 15) is 13.6 Å². The van der Waals surface area contributed by atoms with E-state index < -0.39 is 11.6 Å². The van der Waals surface area contributed by atoms with Gasteiger partial charge in [-0.1, -0.05) is 23.7 Å². The number of nitrogens with one attached hydrogen (secondary N) is 2. The van der Waals surface area contributed by atoms with Crippen LogP contribution in [0.4, 0.5) is 26.1 Å². The number of halogens is 3. The molecular weight excluding hydrogens is 362 g/mol. The highest BCUT2D eigenvalue weighted by Crippen LogP contribution is 2.18. The molecule has 2 aromatic carbocycles. The quantitative estimate of drug-likeness (QED) is 0.697. The Morgan fingerprint density at radius 3 is 2.27 bits per heavy atom. The van der Waals surface area contributed by atoms with Crippen molar-refractivity contribution in [2.75, 3.05) is 10.6 Å². The van der Waals surface area contributed by atoms with Gasteiger partial charge < -0.3 is 10.6 Å². The first-order valence-corrected chi connectivity index (χ1v) is 7.97. The van der Waals surface area contributed by atoms with Gasteiger partial charge in [-0.3, -0.25) is 4.79 Å². The van der Waals surface area contributed by atoms with Crippen molar-refractivity contribution >= 4 is 34.8 Å². The molecule has 0 saturated carbocycles. The minimum Gasteiger partial charge on any atom is -0.339 e. The molecule has 0 atom stereocenters. The van der Waals surface area contributed by atoms with Gasteiger partial charge in [-0.05, 0) is 42.0 Å². The van der Waals surface area contributed by atoms with Crippen LogP contribution in [0.5, 0.6) is 0 Å². The van der Waals surface area contributed by atoms with Gasteiger partial charge >= 0.3 is 0 Å². The van der Waals surface area contributed by atoms with Crippen molar-refractivity contribution in [2.24, 2.45) is 0 Å². The monoisotopic (exact) mass is 374 g/mol. The van der Waals surface area contributed by atoms with E-state index in [2.05, 4.69) is 20.8 Å². The molecular formula is C18H13ClF2N4O. The van der Waals surface area contributed by atoms with E-state index in [4.69, 9.17) is 11.6 Å². The molecule has 0 aliphatic carbocycles. The Morgan fingerprint density at radius 1 is 0.923 bits per heavy atom. The Kier molecular flexibility index (Phi) is 5.38. The smallest absolute Gasteiger partial charge is 0.229 e. The van der Waals surface area contributed by atoms with E-state index in [1.54, 1.807) is 36.4 Å². The molecule has 0 fully saturated rings. The molecule has 26 heavy (non-hydrogen) atoms. The topological polar surface area (TPSA) is 66.9 Å². The van der Waals surface area contributed by atoms with Crippen LogP contribution in [0.3, 0.4) is 0 Å². The van der Waals surface area contributed by atoms with Crippen LogP contribution >= 0.6 is 11.6 Å². The van der Waals surface area contributed by atoms with Crippen molar-refractivity contribution in [2.45, 2.75) is 6.42 Å². The zero-order chi connectivity index (χ0) is 18.5. The first-order valence-electron chi connectivity index (χ1n) is 7.60. The van der Waals surface area contributed by atoms with E-state index in [-0.39, 0.29) is 18.1 Å². The number of benzene rings is 2. The molecule has 1 heterocycles. The first kappa shape index (κ1) is 17.8. The number of amides is 1. The molecule has 3 aromatic rings. The van der Waals surface area contributed by atoms with Crippen molar-refractivity contribution in [3.8, 4) is 0 Å². The fourth-order valence-electron chi connectivity index (χ4n) is 2.16. The molecule has 5 nitrogen and oxygen atoms in total. The maximum atomic E-state index is 13.2. The lowest BCUT2D eigenvalue weighted by Gasteiger charge is -2.07. The van der Waals surface area contributed by atoms with Crippen molar-refractivity contribution in [1.82, 2.24) is 10.2 Å². The molecule has 0 spiro atoms. The second-order valence-electron chi connectivity index (χ2n) is 5.41. The zero-order valence-corrected chi connectivity index (χ0v) is 14.1. The average Bonchev–Trinajstić information content (AvgIpc) is 2.62. The zero-order valence-electron chi connectivity index (χ0n) is 13.3. The molecule has 0 unspecified atom stereocenters. The second kappa shape index (κ2) is 7.88. The summed E-state index contributed by atoms with van der Waals surface area (Å²) in [7, 11) is 0. The van der Waals surface area contributed by atoms with Gasteiger partial charge in [0.2, 0.25) is 5.91 Å². The number of hydrogen-bond donors (Lipinski definition) is 2. The SMILES string of the molecule is O=C(Cc1ccc(Cl)cc1)Nc1ccc(Nc2ccc(F)c(F)c2)nn1. The van der Waals surface area contributed by atoms with E-state index in [1.807, 2.05) is 0 Å². The third kappa shape index (κ3) is 4.73. The molecule has 2 N–H and O–H groups in total. The molecule has 0 saturated heterocycles. The average molecular weight is 375 g/mol. The fraction of sp³-hybridized carbons (Fsp3) is 0.0556. The normalized spacial score (nSPS) is 10.4. The first-order chi connectivity index (χ1) is 12.5. The van der Waals surface area contributed by atoms with E-state index in [0.717, 1.165) is 17.7 Å². The van der Waals surface area contributed by atoms with Crippen LogP contribution in [0.2, 0.25) is 5.02 Å². The minimum atomic E-state index is -0.964. The van der Waals surface area contributed by atoms with Gasteiger partial charge in [0, 0.05) is 16.8 Å². The van der Waals surface area contributed by atoms with Gasteiger partial charge in [0.25, 0.3) is 0 Å². The van der Waals surface area contributed by atoms with Crippen LogP contribution in [-0.2, 0) is 11.2 Å².